The van der Waals surface area contributed by atoms with Crippen molar-refractivity contribution in [1.82, 2.24) is 40.6 Å². The van der Waals surface area contributed by atoms with E-state index in [9.17, 15) is 10.2 Å². The van der Waals surface area contributed by atoms with Gasteiger partial charge in [0.2, 0.25) is 0 Å². The predicted molar refractivity (Wildman–Crippen MR) is 144 cm³/mol. The lowest BCUT2D eigenvalue weighted by Gasteiger charge is -2.22. The number of benzene rings is 3. The first-order valence-electron chi connectivity index (χ1n) is 12.3. The zero-order chi connectivity index (χ0) is 27.4. The molecule has 5 aromatic rings. The molecule has 0 unspecified atom stereocenters. The Labute approximate surface area is 224 Å². The first kappa shape index (κ1) is 25.4. The van der Waals surface area contributed by atoms with Gasteiger partial charge in [-0.25, -0.2) is 0 Å². The van der Waals surface area contributed by atoms with Gasteiger partial charge in [0.1, 0.15) is 11.5 Å². The van der Waals surface area contributed by atoms with Crippen molar-refractivity contribution < 1.29 is 10.2 Å². The van der Waals surface area contributed by atoms with E-state index in [-0.39, 0.29) is 11.5 Å². The Morgan fingerprint density at radius 2 is 1.31 bits per heavy atom. The number of aromatic nitrogens is 8. The van der Waals surface area contributed by atoms with Crippen LogP contribution in [-0.4, -0.2) is 63.3 Å². The summed E-state index contributed by atoms with van der Waals surface area (Å²) in [6.45, 7) is 5.57. The summed E-state index contributed by atoms with van der Waals surface area (Å²) < 4.78 is 0. The monoisotopic (exact) mass is 522 g/mol. The van der Waals surface area contributed by atoms with Crippen molar-refractivity contribution in [3.63, 3.8) is 0 Å². The summed E-state index contributed by atoms with van der Waals surface area (Å²) in [6.07, 6.45) is 4.07. The topological polar surface area (TPSA) is 152 Å². The van der Waals surface area contributed by atoms with E-state index >= 15 is 0 Å². The van der Waals surface area contributed by atoms with Gasteiger partial charge in [-0.15, -0.1) is 19.8 Å². The maximum absolute atomic E-state index is 11.1. The van der Waals surface area contributed by atoms with Crippen LogP contribution in [0.25, 0.3) is 0 Å². The number of phenols is 2. The summed E-state index contributed by atoms with van der Waals surface area (Å²) in [6, 6.07) is 18.5. The second-order valence-electron chi connectivity index (χ2n) is 8.89. The summed E-state index contributed by atoms with van der Waals surface area (Å²) >= 11 is 0. The number of aryl methyl sites for hydroxylation is 3. The van der Waals surface area contributed by atoms with Gasteiger partial charge in [-0.1, -0.05) is 31.2 Å². The van der Waals surface area contributed by atoms with Crippen LogP contribution < -0.4 is 0 Å². The van der Waals surface area contributed by atoms with Gasteiger partial charge in [0, 0.05) is 17.0 Å². The van der Waals surface area contributed by atoms with Crippen molar-refractivity contribution in [2.75, 3.05) is 0 Å². The Balaban J connectivity index is 1.62. The molecule has 2 N–H and O–H groups in total. The maximum Gasteiger partial charge on any atom is 0.173 e. The van der Waals surface area contributed by atoms with E-state index in [4.69, 9.17) is 0 Å². The molecule has 2 heterocycles. The van der Waals surface area contributed by atoms with Gasteiger partial charge >= 0.3 is 0 Å². The first-order chi connectivity index (χ1) is 18.9. The molecule has 0 saturated carbocycles. The smallest absolute Gasteiger partial charge is 0.173 e. The van der Waals surface area contributed by atoms with Crippen molar-refractivity contribution in [1.29, 1.82) is 0 Å². The molecule has 0 atom stereocenters. The quantitative estimate of drug-likeness (QED) is 0.233. The average molecular weight is 523 g/mol. The highest BCUT2D eigenvalue weighted by Gasteiger charge is 2.24. The van der Waals surface area contributed by atoms with Crippen LogP contribution in [0.3, 0.4) is 0 Å². The van der Waals surface area contributed by atoms with Crippen LogP contribution in [0, 0.1) is 13.8 Å². The molecule has 5 rings (SSSR count). The maximum atomic E-state index is 11.1. The number of hydrogen-bond donors (Lipinski definition) is 2. The van der Waals surface area contributed by atoms with Gasteiger partial charge in [0.05, 0.1) is 12.4 Å². The van der Waals surface area contributed by atoms with Crippen LogP contribution in [0.4, 0.5) is 0 Å². The average Bonchev–Trinajstić information content (AvgIpc) is 3.56. The molecule has 3 aromatic carbocycles. The Morgan fingerprint density at radius 1 is 0.769 bits per heavy atom. The molecule has 0 aliphatic carbocycles. The summed E-state index contributed by atoms with van der Waals surface area (Å²) in [7, 11) is 0. The summed E-state index contributed by atoms with van der Waals surface area (Å²) in [5.74, 6) is 0.753. The molecule has 39 heavy (non-hydrogen) atoms. The number of rotatable bonds is 8. The second-order valence-corrected chi connectivity index (χ2v) is 8.89. The molecular formula is C27H26N10O2. The van der Waals surface area contributed by atoms with Crippen molar-refractivity contribution in [3.8, 4) is 11.5 Å². The van der Waals surface area contributed by atoms with Crippen LogP contribution in [0.2, 0.25) is 0 Å². The molecule has 0 amide bonds. The number of nitrogens with zero attached hydrogens (tertiary/aromatic N) is 10. The highest BCUT2D eigenvalue weighted by atomic mass is 16.3. The lowest BCUT2D eigenvalue weighted by molar-refractivity contribution is 0.458. The predicted octanol–water partition coefficient (Wildman–Crippen LogP) is 3.19. The Kier molecular flexibility index (Phi) is 7.17. The van der Waals surface area contributed by atoms with Gasteiger partial charge in [0.25, 0.3) is 0 Å². The lowest BCUT2D eigenvalue weighted by atomic mass is 9.82. The zero-order valence-corrected chi connectivity index (χ0v) is 21.6. The Morgan fingerprint density at radius 3 is 1.77 bits per heavy atom. The van der Waals surface area contributed by atoms with Crippen molar-refractivity contribution in [2.45, 2.75) is 33.1 Å². The molecule has 0 aliphatic rings. The van der Waals surface area contributed by atoms with Crippen LogP contribution in [0.5, 0.6) is 11.5 Å². The van der Waals surface area contributed by atoms with Gasteiger partial charge in [-0.05, 0) is 99.8 Å². The highest BCUT2D eigenvalue weighted by molar-refractivity contribution is 5.82. The number of tetrazole rings is 2. The normalized spacial score (nSPS) is 12.5. The third-order valence-electron chi connectivity index (χ3n) is 6.26. The molecular weight excluding hydrogens is 496 g/mol. The largest absolute Gasteiger partial charge is 0.508 e. The summed E-state index contributed by atoms with van der Waals surface area (Å²) in [4.78, 5) is 2.63. The molecule has 12 heteroatoms. The molecule has 0 aliphatic heterocycles. The van der Waals surface area contributed by atoms with Gasteiger partial charge in [-0.3, -0.25) is 0 Å². The van der Waals surface area contributed by atoms with E-state index in [0.717, 1.165) is 28.7 Å². The molecule has 0 bridgehead atoms. The van der Waals surface area contributed by atoms with Crippen LogP contribution >= 0.6 is 0 Å². The van der Waals surface area contributed by atoms with E-state index < -0.39 is 5.92 Å². The molecule has 12 nitrogen and oxygen atoms in total. The van der Waals surface area contributed by atoms with Crippen molar-refractivity contribution in [2.24, 2.45) is 10.2 Å². The fourth-order valence-electron chi connectivity index (χ4n) is 4.20. The van der Waals surface area contributed by atoms with Gasteiger partial charge in [-0.2, -0.15) is 10.2 Å². The molecule has 0 spiro atoms. The van der Waals surface area contributed by atoms with E-state index in [2.05, 4.69) is 60.3 Å². The Bertz CT molecular complexity index is 1570. The molecule has 2 aromatic heterocycles. The number of phenolic OH excluding ortho intramolecular Hbond substituents is 2. The standard InChI is InChI=1S/C27H26N10O2/c1-4-19-6-5-7-22(12-19)27(23-13-20(8-10-25(23)38)15-28-36-17(2)30-32-34-36)24-14-21(9-11-26(24)39)16-29-37-18(3)31-33-35-37/h5-16,27,38-39H,4H2,1-3H3. The minimum atomic E-state index is -0.497. The minimum Gasteiger partial charge on any atom is -0.508 e. The fraction of sp³-hybridized carbons (Fsp3) is 0.185. The molecule has 0 radical (unpaired) electrons. The number of hydrogen-bond acceptors (Lipinski definition) is 10. The molecule has 0 fully saturated rings. The van der Waals surface area contributed by atoms with Crippen LogP contribution in [-0.2, 0) is 6.42 Å². The SMILES string of the molecule is CCc1cccc(C(c2cc(C=Nn3nnnc3C)ccc2O)c2cc(C=Nn3nnnc3C)ccc2O)c1. The van der Waals surface area contributed by atoms with Gasteiger partial charge < -0.3 is 10.2 Å². The molecule has 196 valence electrons. The van der Waals surface area contributed by atoms with E-state index in [1.165, 1.54) is 9.58 Å². The van der Waals surface area contributed by atoms with Gasteiger partial charge in [0.15, 0.2) is 11.6 Å². The van der Waals surface area contributed by atoms with E-state index in [1.54, 1.807) is 50.5 Å². The summed E-state index contributed by atoms with van der Waals surface area (Å²) in [5.41, 5.74) is 4.69. The van der Waals surface area contributed by atoms with E-state index in [0.29, 0.717) is 22.8 Å². The first-order valence-corrected chi connectivity index (χ1v) is 12.3. The third kappa shape index (κ3) is 5.54. The number of aromatic hydroxyl groups is 2. The van der Waals surface area contributed by atoms with Crippen molar-refractivity contribution >= 4 is 12.4 Å². The fourth-order valence-corrected chi connectivity index (χ4v) is 4.20. The van der Waals surface area contributed by atoms with Crippen LogP contribution in [0.1, 0.15) is 57.9 Å². The Hall–Kier alpha value is -5.26. The zero-order valence-electron chi connectivity index (χ0n) is 21.6. The van der Waals surface area contributed by atoms with E-state index in [1.807, 2.05) is 24.3 Å². The minimum absolute atomic E-state index is 0.0837. The second kappa shape index (κ2) is 11.0. The van der Waals surface area contributed by atoms with Crippen LogP contribution in [0.15, 0.2) is 70.9 Å². The third-order valence-corrected chi connectivity index (χ3v) is 6.26. The summed E-state index contributed by atoms with van der Waals surface area (Å²) in [5, 5.41) is 53.3. The highest BCUT2D eigenvalue weighted by Crippen LogP contribution is 2.41. The van der Waals surface area contributed by atoms with Crippen molar-refractivity contribution in [3.05, 3.63) is 106 Å². The molecule has 0 saturated heterocycles. The lowest BCUT2D eigenvalue weighted by Crippen LogP contribution is -2.07.